The van der Waals surface area contributed by atoms with Crippen LogP contribution in [0.15, 0.2) is 64.2 Å². The Morgan fingerprint density at radius 3 is 2.47 bits per heavy atom. The molecule has 0 bridgehead atoms. The summed E-state index contributed by atoms with van der Waals surface area (Å²) in [6.45, 7) is 3.15. The lowest BCUT2D eigenvalue weighted by molar-refractivity contribution is 0.267. The number of nitrogens with one attached hydrogen (secondary N) is 1. The molecule has 0 aliphatic heterocycles. The van der Waals surface area contributed by atoms with E-state index in [0.717, 1.165) is 21.2 Å². The summed E-state index contributed by atoms with van der Waals surface area (Å²) >= 11 is 15.9. The number of hydrogen-bond donors (Lipinski definition) is 1. The second-order valence-corrected chi connectivity index (χ2v) is 8.32. The molecule has 3 aromatic carbocycles. The van der Waals surface area contributed by atoms with E-state index < -0.39 is 0 Å². The van der Waals surface area contributed by atoms with E-state index >= 15 is 0 Å². The number of nitriles is 1. The number of halogens is 3. The lowest BCUT2D eigenvalue weighted by Gasteiger charge is -2.15. The van der Waals surface area contributed by atoms with Crippen LogP contribution in [0.5, 0.6) is 11.5 Å². The molecular weight excluding hydrogens is 513 g/mol. The Morgan fingerprint density at radius 1 is 1.09 bits per heavy atom. The van der Waals surface area contributed by atoms with E-state index in [-0.39, 0.29) is 0 Å². The maximum atomic E-state index is 8.92. The standard InChI is InChI=1S/C24H20BrCl2N3O2/c1-2-31-23-11-18(13-29-30-14-19-21(26)4-3-5-22(19)27)10-20(25)24(23)32-15-17-8-6-16(12-28)7-9-17/h3-11,13,30H,2,14-15H2,1H3/b29-13-. The third-order valence-electron chi connectivity index (χ3n) is 4.42. The largest absolute Gasteiger partial charge is 0.490 e. The van der Waals surface area contributed by atoms with Crippen LogP contribution in [0.2, 0.25) is 10.0 Å². The maximum absolute atomic E-state index is 8.92. The average molecular weight is 533 g/mol. The summed E-state index contributed by atoms with van der Waals surface area (Å²) in [4.78, 5) is 0. The van der Waals surface area contributed by atoms with Crippen molar-refractivity contribution >= 4 is 45.3 Å². The third-order valence-corrected chi connectivity index (χ3v) is 5.72. The van der Waals surface area contributed by atoms with Crippen LogP contribution in [0.1, 0.15) is 29.2 Å². The Balaban J connectivity index is 1.70. The predicted molar refractivity (Wildman–Crippen MR) is 132 cm³/mol. The van der Waals surface area contributed by atoms with Crippen LogP contribution in [0.4, 0.5) is 0 Å². The molecule has 164 valence electrons. The molecule has 8 heteroatoms. The minimum absolute atomic E-state index is 0.345. The van der Waals surface area contributed by atoms with Gasteiger partial charge in [0.05, 0.1) is 35.5 Å². The molecule has 3 aromatic rings. The van der Waals surface area contributed by atoms with Crippen LogP contribution in [0, 0.1) is 11.3 Å². The zero-order chi connectivity index (χ0) is 22.9. The van der Waals surface area contributed by atoms with Crippen molar-refractivity contribution in [3.05, 3.63) is 91.4 Å². The van der Waals surface area contributed by atoms with Gasteiger partial charge in [-0.25, -0.2) is 0 Å². The fourth-order valence-electron chi connectivity index (χ4n) is 2.84. The number of nitrogens with zero attached hydrogens (tertiary/aromatic N) is 2. The highest BCUT2D eigenvalue weighted by Gasteiger charge is 2.12. The number of hydrazone groups is 1. The van der Waals surface area contributed by atoms with Gasteiger partial charge in [-0.05, 0) is 70.4 Å². The van der Waals surface area contributed by atoms with E-state index in [0.29, 0.717) is 46.9 Å². The molecule has 0 amide bonds. The number of ether oxygens (including phenoxy) is 2. The summed E-state index contributed by atoms with van der Waals surface area (Å²) in [6.07, 6.45) is 1.68. The van der Waals surface area contributed by atoms with Crippen LogP contribution in [0.25, 0.3) is 0 Å². The smallest absolute Gasteiger partial charge is 0.175 e. The molecule has 1 N–H and O–H groups in total. The minimum Gasteiger partial charge on any atom is -0.490 e. The predicted octanol–water partition coefficient (Wildman–Crippen LogP) is 6.73. The van der Waals surface area contributed by atoms with Gasteiger partial charge in [0.1, 0.15) is 6.61 Å². The summed E-state index contributed by atoms with van der Waals surface area (Å²) in [7, 11) is 0. The fourth-order valence-corrected chi connectivity index (χ4v) is 3.95. The molecule has 0 fully saturated rings. The Hall–Kier alpha value is -2.72. The Bertz CT molecular complexity index is 1120. The average Bonchev–Trinajstić information content (AvgIpc) is 2.78. The molecule has 0 saturated carbocycles. The van der Waals surface area contributed by atoms with Crippen molar-refractivity contribution in [1.29, 1.82) is 5.26 Å². The maximum Gasteiger partial charge on any atom is 0.175 e. The van der Waals surface area contributed by atoms with Gasteiger partial charge in [-0.2, -0.15) is 10.4 Å². The molecule has 0 radical (unpaired) electrons. The van der Waals surface area contributed by atoms with Gasteiger partial charge in [0.25, 0.3) is 0 Å². The van der Waals surface area contributed by atoms with E-state index in [1.54, 1.807) is 36.5 Å². The van der Waals surface area contributed by atoms with E-state index in [2.05, 4.69) is 32.5 Å². The highest BCUT2D eigenvalue weighted by Crippen LogP contribution is 2.37. The summed E-state index contributed by atoms with van der Waals surface area (Å²) in [5.74, 6) is 1.20. The first kappa shape index (κ1) is 23.9. The van der Waals surface area contributed by atoms with Crippen molar-refractivity contribution in [2.75, 3.05) is 6.61 Å². The summed E-state index contributed by atoms with van der Waals surface area (Å²) in [5.41, 5.74) is 6.13. The van der Waals surface area contributed by atoms with Crippen molar-refractivity contribution in [3.63, 3.8) is 0 Å². The van der Waals surface area contributed by atoms with Crippen LogP contribution >= 0.6 is 39.1 Å². The molecule has 5 nitrogen and oxygen atoms in total. The first-order valence-electron chi connectivity index (χ1n) is 9.78. The van der Waals surface area contributed by atoms with Gasteiger partial charge in [0, 0.05) is 15.6 Å². The second-order valence-electron chi connectivity index (χ2n) is 6.65. The van der Waals surface area contributed by atoms with Gasteiger partial charge < -0.3 is 14.9 Å². The van der Waals surface area contributed by atoms with Gasteiger partial charge in [-0.15, -0.1) is 0 Å². The first-order chi connectivity index (χ1) is 15.5. The molecule has 0 unspecified atom stereocenters. The molecular formula is C24H20BrCl2N3O2. The van der Waals surface area contributed by atoms with E-state index in [4.69, 9.17) is 37.9 Å². The second kappa shape index (κ2) is 11.8. The van der Waals surface area contributed by atoms with Gasteiger partial charge in [-0.3, -0.25) is 0 Å². The summed E-state index contributed by atoms with van der Waals surface area (Å²) in [6, 6.07) is 18.5. The highest BCUT2D eigenvalue weighted by atomic mass is 79.9. The quantitative estimate of drug-likeness (QED) is 0.245. The zero-order valence-corrected chi connectivity index (χ0v) is 20.3. The number of benzene rings is 3. The lowest BCUT2D eigenvalue weighted by atomic mass is 10.1. The SMILES string of the molecule is CCOc1cc(/C=N\NCc2c(Cl)cccc2Cl)cc(Br)c1OCc1ccc(C#N)cc1. The fraction of sp³-hybridized carbons (Fsp3) is 0.167. The first-order valence-corrected chi connectivity index (χ1v) is 11.3. The normalized spacial score (nSPS) is 10.7. The Morgan fingerprint density at radius 2 is 1.81 bits per heavy atom. The van der Waals surface area contributed by atoms with Gasteiger partial charge in [-0.1, -0.05) is 41.4 Å². The Kier molecular flexibility index (Phi) is 8.81. The van der Waals surface area contributed by atoms with Crippen LogP contribution in [-0.4, -0.2) is 12.8 Å². The third kappa shape index (κ3) is 6.39. The van der Waals surface area contributed by atoms with Crippen molar-refractivity contribution < 1.29 is 9.47 Å². The molecule has 0 aliphatic rings. The molecule has 0 aromatic heterocycles. The van der Waals surface area contributed by atoms with E-state index in [1.807, 2.05) is 31.2 Å². The number of hydrogen-bond acceptors (Lipinski definition) is 5. The van der Waals surface area contributed by atoms with Crippen molar-refractivity contribution in [3.8, 4) is 17.6 Å². The number of rotatable bonds is 9. The van der Waals surface area contributed by atoms with Crippen LogP contribution < -0.4 is 14.9 Å². The van der Waals surface area contributed by atoms with Gasteiger partial charge in [0.15, 0.2) is 11.5 Å². The summed E-state index contributed by atoms with van der Waals surface area (Å²) in [5, 5.41) is 14.4. The minimum atomic E-state index is 0.345. The van der Waals surface area contributed by atoms with E-state index in [9.17, 15) is 0 Å². The van der Waals surface area contributed by atoms with Gasteiger partial charge in [0.2, 0.25) is 0 Å². The molecule has 0 aliphatic carbocycles. The molecule has 0 heterocycles. The molecule has 0 atom stereocenters. The van der Waals surface area contributed by atoms with E-state index in [1.165, 1.54) is 0 Å². The lowest BCUT2D eigenvalue weighted by Crippen LogP contribution is -2.07. The van der Waals surface area contributed by atoms with Crippen molar-refractivity contribution in [1.82, 2.24) is 5.43 Å². The van der Waals surface area contributed by atoms with Crippen molar-refractivity contribution in [2.45, 2.75) is 20.1 Å². The molecule has 0 spiro atoms. The highest BCUT2D eigenvalue weighted by molar-refractivity contribution is 9.10. The Labute approximate surface area is 205 Å². The molecule has 0 saturated heterocycles. The molecule has 3 rings (SSSR count). The van der Waals surface area contributed by atoms with Crippen LogP contribution in [0.3, 0.4) is 0 Å². The zero-order valence-electron chi connectivity index (χ0n) is 17.2. The summed E-state index contributed by atoms with van der Waals surface area (Å²) < 4.78 is 12.5. The molecule has 32 heavy (non-hydrogen) atoms. The van der Waals surface area contributed by atoms with Crippen molar-refractivity contribution in [2.24, 2.45) is 5.10 Å². The van der Waals surface area contributed by atoms with Gasteiger partial charge >= 0.3 is 0 Å². The topological polar surface area (TPSA) is 66.6 Å². The monoisotopic (exact) mass is 531 g/mol. The van der Waals surface area contributed by atoms with Crippen LogP contribution in [-0.2, 0) is 13.2 Å².